The number of nitrogens with zero attached hydrogens (tertiary/aromatic N) is 7. The monoisotopic (exact) mass is 508 g/mol. The van der Waals surface area contributed by atoms with Crippen molar-refractivity contribution in [3.05, 3.63) is 42.5 Å². The van der Waals surface area contributed by atoms with E-state index in [-0.39, 0.29) is 5.91 Å². The number of nitrogens with one attached hydrogen (secondary N) is 1. The van der Waals surface area contributed by atoms with Gasteiger partial charge in [-0.15, -0.1) is 0 Å². The number of aromatic amines is 1. The summed E-state index contributed by atoms with van der Waals surface area (Å²) in [5, 5.41) is 8.18. The smallest absolute Gasteiger partial charge is 0.274 e. The highest BCUT2D eigenvalue weighted by Crippen LogP contribution is 2.30. The summed E-state index contributed by atoms with van der Waals surface area (Å²) in [5.74, 6) is 4.34. The van der Waals surface area contributed by atoms with Gasteiger partial charge in [-0.1, -0.05) is 12.1 Å². The number of imidazole rings is 1. The number of hydrogen-bond acceptors (Lipinski definition) is 7. The normalized spacial score (nSPS) is 19.1. The number of carbonyl (C=O) groups excluding carboxylic acids is 1. The standard InChI is InChI=1S/C24H28N8O3S/c1-36(2,34)32-8-6-30(7-9-32)24(33)21-16-31-15-20(17-4-3-5-19-18(17)14-25-28-19)26-22(23(31)27-21)29-10-12-35-13-11-29/h3-5,14-16H,1,6-13H2,2H3,(H,25,28). The first-order chi connectivity index (χ1) is 17.4. The minimum absolute atomic E-state index is 0.142. The average molecular weight is 509 g/mol. The molecule has 12 heteroatoms. The van der Waals surface area contributed by atoms with Crippen LogP contribution in [-0.2, 0) is 14.4 Å². The van der Waals surface area contributed by atoms with Crippen LogP contribution in [0.4, 0.5) is 5.82 Å². The first-order valence-corrected chi connectivity index (χ1v) is 14.0. The van der Waals surface area contributed by atoms with E-state index in [1.165, 1.54) is 0 Å². The molecule has 2 fully saturated rings. The Balaban J connectivity index is 1.39. The zero-order valence-corrected chi connectivity index (χ0v) is 20.9. The summed E-state index contributed by atoms with van der Waals surface area (Å²) in [5.41, 5.74) is 3.66. The molecule has 6 rings (SSSR count). The lowest BCUT2D eigenvalue weighted by Crippen LogP contribution is -2.50. The molecule has 2 aliphatic heterocycles. The summed E-state index contributed by atoms with van der Waals surface area (Å²) in [7, 11) is -2.28. The Bertz CT molecular complexity index is 1550. The second-order valence-corrected chi connectivity index (χ2v) is 11.7. The van der Waals surface area contributed by atoms with Crippen LogP contribution in [-0.4, -0.2) is 108 Å². The number of anilines is 1. The summed E-state index contributed by atoms with van der Waals surface area (Å²) in [6.45, 7) is 4.63. The Morgan fingerprint density at radius 1 is 1.08 bits per heavy atom. The third-order valence-electron chi connectivity index (χ3n) is 6.78. The lowest BCUT2D eigenvalue weighted by atomic mass is 10.1. The number of benzene rings is 1. The molecule has 1 atom stereocenters. The van der Waals surface area contributed by atoms with Crippen LogP contribution in [0.5, 0.6) is 0 Å². The number of carbonyl (C=O) groups is 1. The van der Waals surface area contributed by atoms with Crippen LogP contribution >= 0.6 is 0 Å². The molecular formula is C24H28N8O3S. The van der Waals surface area contributed by atoms with Gasteiger partial charge in [-0.25, -0.2) is 14.3 Å². The van der Waals surface area contributed by atoms with Gasteiger partial charge in [0.15, 0.2) is 11.5 Å². The topological polar surface area (TPSA) is 112 Å². The van der Waals surface area contributed by atoms with Gasteiger partial charge < -0.3 is 18.9 Å². The molecule has 0 radical (unpaired) electrons. The van der Waals surface area contributed by atoms with E-state index < -0.39 is 9.71 Å². The number of hydrogen-bond donors (Lipinski definition) is 1. The van der Waals surface area contributed by atoms with Crippen LogP contribution < -0.4 is 4.90 Å². The number of ether oxygens (including phenoxy) is 1. The van der Waals surface area contributed by atoms with E-state index in [0.29, 0.717) is 63.8 Å². The van der Waals surface area contributed by atoms with E-state index in [1.54, 1.807) is 23.5 Å². The largest absolute Gasteiger partial charge is 0.378 e. The molecule has 3 aromatic heterocycles. The molecule has 0 spiro atoms. The lowest BCUT2D eigenvalue weighted by Gasteiger charge is -2.34. The van der Waals surface area contributed by atoms with Gasteiger partial charge >= 0.3 is 0 Å². The van der Waals surface area contributed by atoms with Gasteiger partial charge in [0.1, 0.15) is 5.69 Å². The van der Waals surface area contributed by atoms with Gasteiger partial charge in [-0.2, -0.15) is 5.10 Å². The highest BCUT2D eigenvalue weighted by atomic mass is 32.2. The molecule has 36 heavy (non-hydrogen) atoms. The molecule has 0 aliphatic carbocycles. The molecular weight excluding hydrogens is 480 g/mol. The van der Waals surface area contributed by atoms with Crippen molar-refractivity contribution >= 4 is 43.9 Å². The Kier molecular flexibility index (Phi) is 5.66. The number of fused-ring (bicyclic) bond motifs is 2. The molecule has 2 aliphatic rings. The fourth-order valence-electron chi connectivity index (χ4n) is 4.83. The minimum atomic E-state index is -2.28. The highest BCUT2D eigenvalue weighted by molar-refractivity contribution is 7.97. The molecule has 1 N–H and O–H groups in total. The third-order valence-corrected chi connectivity index (χ3v) is 8.24. The Labute approximate surface area is 208 Å². The van der Waals surface area contributed by atoms with Crippen molar-refractivity contribution in [2.24, 2.45) is 0 Å². The quantitative estimate of drug-likeness (QED) is 0.411. The molecule has 1 unspecified atom stereocenters. The summed E-state index contributed by atoms with van der Waals surface area (Å²) in [6.07, 6.45) is 7.12. The molecule has 4 aromatic rings. The van der Waals surface area contributed by atoms with E-state index in [4.69, 9.17) is 14.7 Å². The van der Waals surface area contributed by atoms with Crippen LogP contribution in [0, 0.1) is 0 Å². The van der Waals surface area contributed by atoms with Gasteiger partial charge in [0, 0.05) is 78.6 Å². The molecule has 11 nitrogen and oxygen atoms in total. The van der Waals surface area contributed by atoms with E-state index in [9.17, 15) is 9.00 Å². The SMILES string of the molecule is C=S(C)(=O)N1CCN(C(=O)c2cn3cc(-c4cccc5[nH]ncc45)nc(N4CCOCC4)c3n2)CC1. The molecule has 5 heterocycles. The van der Waals surface area contributed by atoms with Crippen LogP contribution in [0.2, 0.25) is 0 Å². The Morgan fingerprint density at radius 2 is 1.86 bits per heavy atom. The van der Waals surface area contributed by atoms with Crippen molar-refractivity contribution < 1.29 is 13.7 Å². The fourth-order valence-corrected chi connectivity index (χ4v) is 5.77. The molecule has 2 saturated heterocycles. The highest BCUT2D eigenvalue weighted by Gasteiger charge is 2.27. The number of morpholine rings is 1. The lowest BCUT2D eigenvalue weighted by molar-refractivity contribution is 0.0695. The summed E-state index contributed by atoms with van der Waals surface area (Å²) >= 11 is 0. The predicted octanol–water partition coefficient (Wildman–Crippen LogP) is 1.13. The molecule has 0 bridgehead atoms. The van der Waals surface area contributed by atoms with Crippen molar-refractivity contribution in [1.82, 2.24) is 33.8 Å². The predicted molar refractivity (Wildman–Crippen MR) is 140 cm³/mol. The maximum Gasteiger partial charge on any atom is 0.274 e. The van der Waals surface area contributed by atoms with Crippen molar-refractivity contribution in [2.45, 2.75) is 0 Å². The second-order valence-electron chi connectivity index (χ2n) is 9.22. The molecule has 1 aromatic carbocycles. The third kappa shape index (κ3) is 4.10. The van der Waals surface area contributed by atoms with Crippen LogP contribution in [0.3, 0.4) is 0 Å². The van der Waals surface area contributed by atoms with E-state index in [2.05, 4.69) is 21.0 Å². The van der Waals surface area contributed by atoms with Gasteiger partial charge in [-0.3, -0.25) is 14.1 Å². The van der Waals surface area contributed by atoms with Crippen molar-refractivity contribution in [3.8, 4) is 11.3 Å². The van der Waals surface area contributed by atoms with Crippen LogP contribution in [0.25, 0.3) is 27.8 Å². The molecule has 0 saturated carbocycles. The summed E-state index contributed by atoms with van der Waals surface area (Å²) in [4.78, 5) is 27.1. The van der Waals surface area contributed by atoms with E-state index in [1.807, 2.05) is 33.1 Å². The first kappa shape index (κ1) is 23.0. The number of H-pyrrole nitrogens is 1. The van der Waals surface area contributed by atoms with Crippen LogP contribution in [0.15, 0.2) is 36.8 Å². The van der Waals surface area contributed by atoms with E-state index >= 15 is 0 Å². The Morgan fingerprint density at radius 3 is 2.61 bits per heavy atom. The van der Waals surface area contributed by atoms with Gasteiger partial charge in [0.25, 0.3) is 5.91 Å². The number of aromatic nitrogens is 5. The summed E-state index contributed by atoms with van der Waals surface area (Å²) in [6, 6.07) is 5.97. The fraction of sp³-hybridized carbons (Fsp3) is 0.375. The number of rotatable bonds is 4. The van der Waals surface area contributed by atoms with Crippen LogP contribution in [0.1, 0.15) is 10.5 Å². The molecule has 188 valence electrons. The zero-order valence-electron chi connectivity index (χ0n) is 20.1. The number of piperazine rings is 1. The van der Waals surface area contributed by atoms with Crippen molar-refractivity contribution in [3.63, 3.8) is 0 Å². The van der Waals surface area contributed by atoms with Gasteiger partial charge in [-0.05, 0) is 11.9 Å². The summed E-state index contributed by atoms with van der Waals surface area (Å²) < 4.78 is 21.6. The van der Waals surface area contributed by atoms with Crippen molar-refractivity contribution in [1.29, 1.82) is 0 Å². The number of amides is 1. The average Bonchev–Trinajstić information content (AvgIpc) is 3.55. The minimum Gasteiger partial charge on any atom is -0.378 e. The first-order valence-electron chi connectivity index (χ1n) is 11.9. The molecule has 1 amide bonds. The van der Waals surface area contributed by atoms with E-state index in [0.717, 1.165) is 28.0 Å². The van der Waals surface area contributed by atoms with Crippen molar-refractivity contribution in [2.75, 3.05) is 63.6 Å². The van der Waals surface area contributed by atoms with Gasteiger partial charge in [0.2, 0.25) is 0 Å². The maximum atomic E-state index is 13.4. The Hall–Kier alpha value is -3.48. The zero-order chi connectivity index (χ0) is 24.9. The maximum absolute atomic E-state index is 13.4. The second kappa shape index (κ2) is 8.87. The van der Waals surface area contributed by atoms with Gasteiger partial charge in [0.05, 0.1) is 30.6 Å².